The predicted octanol–water partition coefficient (Wildman–Crippen LogP) is 22.3. The molecule has 127 heavy (non-hydrogen) atoms. The first-order valence-corrected chi connectivity index (χ1v) is 62.6. The van der Waals surface area contributed by atoms with Gasteiger partial charge in [-0.2, -0.15) is 0 Å². The topological polar surface area (TPSA) is 254 Å². The second-order valence-electron chi connectivity index (χ2n) is 45.7. The summed E-state index contributed by atoms with van der Waals surface area (Å²) < 4.78 is 104. The third-order valence-electron chi connectivity index (χ3n) is 29.1. The van der Waals surface area contributed by atoms with Gasteiger partial charge in [-0.1, -0.05) is 185 Å². The van der Waals surface area contributed by atoms with Crippen molar-refractivity contribution in [3.05, 3.63) is 59.7 Å². The van der Waals surface area contributed by atoms with E-state index in [2.05, 4.69) is 231 Å². The Morgan fingerprint density at radius 1 is 0.441 bits per heavy atom. The van der Waals surface area contributed by atoms with Crippen molar-refractivity contribution >= 4 is 61.7 Å². The van der Waals surface area contributed by atoms with Crippen LogP contribution in [0.25, 0.3) is 0 Å². The zero-order valence-electron chi connectivity index (χ0n) is 86.7. The monoisotopic (exact) mass is 1910 g/mol. The van der Waals surface area contributed by atoms with E-state index in [0.717, 1.165) is 27.7 Å². The first kappa shape index (κ1) is 125. The molecule has 2 amide bonds. The zero-order valence-corrected chi connectivity index (χ0v) is 92.7. The molecule has 2 aromatic rings. The van der Waals surface area contributed by atoms with Gasteiger partial charge in [-0.25, -0.2) is 10.1 Å². The molecule has 5 rings (SSSR count). The summed E-state index contributed by atoms with van der Waals surface area (Å²) in [5.74, 6) is -2.49. The van der Waals surface area contributed by atoms with Crippen molar-refractivity contribution in [1.29, 1.82) is 0 Å². The van der Waals surface area contributed by atoms with Crippen LogP contribution in [0, 0.1) is 35.5 Å². The van der Waals surface area contributed by atoms with E-state index in [1.54, 1.807) is 35.5 Å². The van der Waals surface area contributed by atoms with E-state index in [9.17, 15) is 19.8 Å². The standard InChI is InChI=1S/C46H87NO10Si3.C43H83NO10Si3.C5H12O2.3CH4/c1-32(28-51-29-33-23-25-34(49-15)26-24-33)40-46(13,56-40)41(57-60(21,22)44(8,9)10)36(31-53-59(19,20)43(5,6)7)39-35(30-52-58(17,18)42(2,3)4)37(54-45(11,12)55-39)27-38(48)47(14)50-16;1-30(26-50-27-31-21-23-32(48-13)24-22-31)38-43(11,53-38)39(54-57(19,20)42(8,9)10)34(29-52-56(17,18)41(5,6)7)37(47)33(28-51-55(15,16)40(2,3)4)35(45)25-36(46)44(12)49-14;1-5(2,6-3)7-4;;;/h23-26,32,35-37,39-41H,27-31H2,1-22H3;21-24,30,33-35,37-39,45,47H,25-29H2,1-20H3;1-4H3;3*1H4/t32-,35+,36-,37+,39+,40+,41-,46-;30-,33+,34-,35+,37+,38+,39-,43-;;;;/m00..../s1. The Hall–Kier alpha value is -2.44. The van der Waals surface area contributed by atoms with Crippen molar-refractivity contribution in [3.8, 4) is 11.5 Å². The molecule has 2 aromatic carbocycles. The average molecular weight is 1910 g/mol. The summed E-state index contributed by atoms with van der Waals surface area (Å²) in [6, 6.07) is 15.8. The van der Waals surface area contributed by atoms with Crippen molar-refractivity contribution in [1.82, 2.24) is 10.1 Å². The fraction of sp³-hybridized carbons (Fsp3) is 0.856. The quantitative estimate of drug-likeness (QED) is 0.0271. The highest BCUT2D eigenvalue weighted by Gasteiger charge is 2.68. The summed E-state index contributed by atoms with van der Waals surface area (Å²) in [5.41, 5.74) is 0.646. The maximum Gasteiger partial charge on any atom is 0.248 e. The van der Waals surface area contributed by atoms with Crippen LogP contribution in [0.2, 0.25) is 109 Å². The van der Waals surface area contributed by atoms with Crippen LogP contribution in [0.15, 0.2) is 48.5 Å². The fourth-order valence-corrected chi connectivity index (χ4v) is 20.4. The third kappa shape index (κ3) is 35.3. The van der Waals surface area contributed by atoms with Crippen molar-refractivity contribution < 1.29 is 103 Å². The van der Waals surface area contributed by atoms with Gasteiger partial charge in [0, 0.05) is 90.2 Å². The fourth-order valence-electron chi connectivity index (χ4n) is 13.4. The Bertz CT molecular complexity index is 3520. The molecular formula is C97H194N2O22Si6. The molecule has 0 saturated carbocycles. The molecule has 3 heterocycles. The normalized spacial score (nSPS) is 22.5. The van der Waals surface area contributed by atoms with Crippen LogP contribution in [-0.4, -0.2) is 250 Å². The van der Waals surface area contributed by atoms with Crippen LogP contribution in [0.3, 0.4) is 0 Å². The first-order chi connectivity index (χ1) is 56.0. The van der Waals surface area contributed by atoms with Crippen molar-refractivity contribution in [2.45, 2.75) is 409 Å². The molecule has 16 atom stereocenters. The maximum absolute atomic E-state index is 13.7. The number of carbonyl (C=O) groups is 2. The lowest BCUT2D eigenvalue weighted by molar-refractivity contribution is -0.338. The molecule has 0 bridgehead atoms. The molecule has 30 heteroatoms. The summed E-state index contributed by atoms with van der Waals surface area (Å²) in [4.78, 5) is 37.4. The Balaban J connectivity index is 0.00000227. The van der Waals surface area contributed by atoms with Crippen LogP contribution in [0.5, 0.6) is 11.5 Å². The molecule has 24 nitrogen and oxygen atoms in total. The summed E-state index contributed by atoms with van der Waals surface area (Å²) in [5, 5.41) is 26.8. The number of aliphatic hydroxyl groups excluding tert-OH is 2. The van der Waals surface area contributed by atoms with E-state index in [4.69, 9.17) is 83.6 Å². The van der Waals surface area contributed by atoms with E-state index >= 15 is 0 Å². The number of ether oxygens (including phenoxy) is 10. The SMILES string of the molecule is C.C.C.COC(C)(C)OC.COc1ccc(COC[C@H](C)[C@H]2O[C@]2(C)[C@@H](O[Si](C)(C)C(C)(C)C)[C@@H](CO[Si](C)(C)C(C)(C)C)[C@@H]2OC(C)(C)O[C@H](CC(=O)N(C)OC)[C@H]2CO[Si](C)(C)C(C)(C)C)cc1.COc1ccc(COC[C@H](C)[C@H]2O[C@]2(C)[C@@H](O[Si](C)(C)C(C)(C)C)[C@@H](CO[Si](C)(C)C(C)(C)C)[C@H](O)[C@H](CO[Si](C)(C)C(C)(C)C)[C@H](O)CC(=O)N(C)OC)cc1. The van der Waals surface area contributed by atoms with E-state index in [-0.39, 0.29) is 120 Å². The lowest BCUT2D eigenvalue weighted by Gasteiger charge is -2.52. The molecule has 0 unspecified atom stereocenters. The molecule has 748 valence electrons. The van der Waals surface area contributed by atoms with Crippen LogP contribution >= 0.6 is 0 Å². The lowest BCUT2D eigenvalue weighted by atomic mass is 9.77. The van der Waals surface area contributed by atoms with E-state index in [1.807, 2.05) is 76.2 Å². The van der Waals surface area contributed by atoms with Gasteiger partial charge >= 0.3 is 0 Å². The van der Waals surface area contributed by atoms with Crippen molar-refractivity contribution in [3.63, 3.8) is 0 Å². The smallest absolute Gasteiger partial charge is 0.248 e. The van der Waals surface area contributed by atoms with Gasteiger partial charge in [-0.3, -0.25) is 19.3 Å². The number of aliphatic hydroxyl groups is 2. The molecule has 0 aliphatic carbocycles. The predicted molar refractivity (Wildman–Crippen MR) is 534 cm³/mol. The number of epoxide rings is 2. The van der Waals surface area contributed by atoms with Gasteiger partial charge in [0.15, 0.2) is 61.5 Å². The Kier molecular flexibility index (Phi) is 47.6. The molecule has 3 fully saturated rings. The van der Waals surface area contributed by atoms with Crippen molar-refractivity contribution in [2.75, 3.05) is 96.4 Å². The van der Waals surface area contributed by atoms with Gasteiger partial charge in [-0.15, -0.1) is 0 Å². The highest BCUT2D eigenvalue weighted by molar-refractivity contribution is 6.76. The minimum atomic E-state index is -2.52. The number of benzene rings is 2. The highest BCUT2D eigenvalue weighted by Crippen LogP contribution is 2.56. The number of hydrogen-bond acceptors (Lipinski definition) is 22. The molecule has 0 aromatic heterocycles. The molecule has 0 spiro atoms. The summed E-state index contributed by atoms with van der Waals surface area (Å²) in [6.07, 6.45) is -5.01. The molecule has 2 N–H and O–H groups in total. The first-order valence-electron chi connectivity index (χ1n) is 45.1. The number of rotatable bonds is 44. The van der Waals surface area contributed by atoms with Gasteiger partial charge in [0.2, 0.25) is 11.8 Å². The molecule has 3 saturated heterocycles. The third-order valence-corrected chi connectivity index (χ3v) is 56.0. The van der Waals surface area contributed by atoms with Crippen molar-refractivity contribution in [2.24, 2.45) is 35.5 Å². The van der Waals surface area contributed by atoms with Crippen LogP contribution < -0.4 is 9.47 Å². The lowest BCUT2D eigenvalue weighted by Crippen LogP contribution is -2.62. The summed E-state index contributed by atoms with van der Waals surface area (Å²) in [6.45, 7) is 86.0. The number of hydroxylamine groups is 4. The maximum atomic E-state index is 13.7. The summed E-state index contributed by atoms with van der Waals surface area (Å²) >= 11 is 0. The van der Waals surface area contributed by atoms with Gasteiger partial charge in [0.1, 0.15) is 22.7 Å². The average Bonchev–Trinajstić information content (AvgIpc) is 1.57. The van der Waals surface area contributed by atoms with Gasteiger partial charge in [-0.05, 0) is 186 Å². The second kappa shape index (κ2) is 48.5. The molecule has 3 aliphatic heterocycles. The zero-order chi connectivity index (χ0) is 96.2. The summed E-state index contributed by atoms with van der Waals surface area (Å²) in [7, 11) is -1.66. The largest absolute Gasteiger partial charge is 0.497 e. The highest BCUT2D eigenvalue weighted by atomic mass is 28.4. The van der Waals surface area contributed by atoms with Gasteiger partial charge < -0.3 is 84.1 Å². The van der Waals surface area contributed by atoms with Crippen LogP contribution in [0.1, 0.15) is 226 Å². The molecule has 0 radical (unpaired) electrons. The molecule has 3 aliphatic rings. The minimum absolute atomic E-state index is 0. The number of nitrogens with zero attached hydrogens (tertiary/aromatic N) is 2. The number of amides is 2. The number of methoxy groups -OCH3 is 4. The molecular weight excluding hydrogens is 1710 g/mol. The number of carbonyl (C=O) groups excluding carboxylic acids is 2. The van der Waals surface area contributed by atoms with E-state index in [1.165, 1.54) is 26.3 Å². The minimum Gasteiger partial charge on any atom is -0.497 e. The number of hydrogen-bond donors (Lipinski definition) is 2. The van der Waals surface area contributed by atoms with Gasteiger partial charge in [0.05, 0.1) is 117 Å². The Morgan fingerprint density at radius 3 is 1.11 bits per heavy atom. The van der Waals surface area contributed by atoms with Crippen LogP contribution in [-0.2, 0) is 96.9 Å². The second-order valence-corrected chi connectivity index (χ2v) is 74.5. The van der Waals surface area contributed by atoms with Gasteiger partial charge in [0.25, 0.3) is 0 Å². The Labute approximate surface area is 782 Å². The Morgan fingerprint density at radius 2 is 0.772 bits per heavy atom. The van der Waals surface area contributed by atoms with E-state index in [0.29, 0.717) is 39.6 Å². The van der Waals surface area contributed by atoms with E-state index < -0.39 is 127 Å². The van der Waals surface area contributed by atoms with Crippen LogP contribution in [0.4, 0.5) is 0 Å².